The van der Waals surface area contributed by atoms with Crippen LogP contribution in [0.2, 0.25) is 0 Å². The van der Waals surface area contributed by atoms with E-state index in [9.17, 15) is 4.79 Å². The van der Waals surface area contributed by atoms with Crippen LogP contribution in [0.15, 0.2) is 59.1 Å². The Morgan fingerprint density at radius 2 is 1.76 bits per heavy atom. The van der Waals surface area contributed by atoms with Gasteiger partial charge in [0.25, 0.3) is 0 Å². The smallest absolute Gasteiger partial charge is 0.196 e. The minimum absolute atomic E-state index is 0.0605. The number of ether oxygens (including phenoxy) is 2. The zero-order valence-corrected chi connectivity index (χ0v) is 16.2. The van der Waals surface area contributed by atoms with Crippen LogP contribution in [0.4, 0.5) is 5.82 Å². The van der Waals surface area contributed by atoms with E-state index in [0.29, 0.717) is 35.8 Å². The molecular formula is C23H19N3O3. The quantitative estimate of drug-likeness (QED) is 0.640. The minimum atomic E-state index is -0.0605. The molecule has 3 heterocycles. The number of aromatic nitrogens is 1. The van der Waals surface area contributed by atoms with Gasteiger partial charge in [-0.25, -0.2) is 4.98 Å². The van der Waals surface area contributed by atoms with Crippen LogP contribution in [0.5, 0.6) is 11.5 Å². The molecule has 1 aromatic heterocycles. The number of rotatable bonds is 4. The molecule has 2 aliphatic heterocycles. The van der Waals surface area contributed by atoms with Crippen molar-refractivity contribution in [3.63, 3.8) is 0 Å². The fourth-order valence-corrected chi connectivity index (χ4v) is 3.78. The summed E-state index contributed by atoms with van der Waals surface area (Å²) in [5.74, 6) is 2.96. The topological polar surface area (TPSA) is 64.0 Å². The molecule has 0 N–H and O–H groups in total. The van der Waals surface area contributed by atoms with Crippen molar-refractivity contribution in [1.29, 1.82) is 0 Å². The number of carbonyl (C=O) groups excluding carboxylic acids is 1. The van der Waals surface area contributed by atoms with Gasteiger partial charge in [0.05, 0.1) is 31.9 Å². The molecule has 3 aromatic rings. The van der Waals surface area contributed by atoms with Crippen molar-refractivity contribution >= 4 is 34.4 Å². The molecule has 0 radical (unpaired) electrons. The van der Waals surface area contributed by atoms with E-state index in [1.54, 1.807) is 38.5 Å². The van der Waals surface area contributed by atoms with E-state index in [2.05, 4.69) is 11.1 Å². The second-order valence-corrected chi connectivity index (χ2v) is 6.93. The van der Waals surface area contributed by atoms with Crippen LogP contribution in [-0.2, 0) is 0 Å². The third-order valence-electron chi connectivity index (χ3n) is 5.26. The minimum Gasteiger partial charge on any atom is -0.497 e. The Bertz CT molecular complexity index is 1200. The lowest BCUT2D eigenvalue weighted by Crippen LogP contribution is -2.35. The van der Waals surface area contributed by atoms with E-state index in [0.717, 1.165) is 28.0 Å². The number of methoxy groups -OCH3 is 2. The van der Waals surface area contributed by atoms with Gasteiger partial charge in [0.2, 0.25) is 0 Å². The highest BCUT2D eigenvalue weighted by molar-refractivity contribution is 6.35. The average molecular weight is 385 g/mol. The number of fused-ring (bicyclic) bond motifs is 4. The van der Waals surface area contributed by atoms with Gasteiger partial charge in [0.15, 0.2) is 5.78 Å². The van der Waals surface area contributed by atoms with Crippen molar-refractivity contribution in [2.75, 3.05) is 32.2 Å². The van der Waals surface area contributed by atoms with Crippen LogP contribution >= 0.6 is 0 Å². The molecule has 0 spiro atoms. The molecule has 2 aromatic carbocycles. The number of Topliss-reactive ketones (excluding diaryl/α,β-unsaturated/α-hetero) is 1. The summed E-state index contributed by atoms with van der Waals surface area (Å²) in [6, 6.07) is 15.0. The van der Waals surface area contributed by atoms with Crippen molar-refractivity contribution in [2.45, 2.75) is 0 Å². The predicted octanol–water partition coefficient (Wildman–Crippen LogP) is 3.75. The average Bonchev–Trinajstić information content (AvgIpc) is 3.26. The zero-order chi connectivity index (χ0) is 20.0. The first-order chi connectivity index (χ1) is 14.2. The number of carbonyl (C=O) groups is 1. The molecule has 144 valence electrons. The molecule has 0 atom stereocenters. The molecule has 0 fully saturated rings. The van der Waals surface area contributed by atoms with Gasteiger partial charge in [-0.2, -0.15) is 0 Å². The van der Waals surface area contributed by atoms with E-state index in [1.807, 2.05) is 29.2 Å². The highest BCUT2D eigenvalue weighted by atomic mass is 16.5. The third-order valence-corrected chi connectivity index (χ3v) is 5.26. The second kappa shape index (κ2) is 6.74. The van der Waals surface area contributed by atoms with Crippen molar-refractivity contribution in [3.8, 4) is 11.5 Å². The van der Waals surface area contributed by atoms with Gasteiger partial charge < -0.3 is 14.4 Å². The normalized spacial score (nSPS) is 14.8. The molecule has 6 heteroatoms. The highest BCUT2D eigenvalue weighted by Gasteiger charge is 2.33. The number of benzene rings is 2. The van der Waals surface area contributed by atoms with Gasteiger partial charge in [0, 0.05) is 23.1 Å². The number of pyridine rings is 1. The SMILES string of the molecule is COc1ccc(C(=O)C2=Cc3cc4cc(OC)ccc4nc3N3CCN=C23)cc1. The first-order valence-corrected chi connectivity index (χ1v) is 9.39. The van der Waals surface area contributed by atoms with Crippen LogP contribution in [-0.4, -0.2) is 43.9 Å². The molecule has 6 nitrogen and oxygen atoms in total. The lowest BCUT2D eigenvalue weighted by atomic mass is 9.96. The van der Waals surface area contributed by atoms with Crippen LogP contribution in [0.25, 0.3) is 17.0 Å². The molecule has 0 amide bonds. The number of ketones is 1. The van der Waals surface area contributed by atoms with Crippen LogP contribution < -0.4 is 14.4 Å². The van der Waals surface area contributed by atoms with Crippen LogP contribution in [0.1, 0.15) is 15.9 Å². The monoisotopic (exact) mass is 385 g/mol. The van der Waals surface area contributed by atoms with Crippen LogP contribution in [0.3, 0.4) is 0 Å². The largest absolute Gasteiger partial charge is 0.497 e. The number of hydrogen-bond donors (Lipinski definition) is 0. The molecule has 29 heavy (non-hydrogen) atoms. The van der Waals surface area contributed by atoms with Crippen molar-refractivity contribution in [2.24, 2.45) is 4.99 Å². The first kappa shape index (κ1) is 17.4. The van der Waals surface area contributed by atoms with Gasteiger partial charge >= 0.3 is 0 Å². The summed E-state index contributed by atoms with van der Waals surface area (Å²) in [4.78, 5) is 24.7. The number of anilines is 1. The predicted molar refractivity (Wildman–Crippen MR) is 113 cm³/mol. The molecule has 5 rings (SSSR count). The van der Waals surface area contributed by atoms with E-state index >= 15 is 0 Å². The maximum absolute atomic E-state index is 13.3. The van der Waals surface area contributed by atoms with Crippen LogP contribution in [0, 0.1) is 0 Å². The molecule has 0 saturated carbocycles. The standard InChI is InChI=1S/C23H19N3O3/c1-28-17-5-3-14(4-6-17)21(27)19-13-16-11-15-12-18(29-2)7-8-20(15)25-22(16)26-10-9-24-23(19)26/h3-8,11-13H,9-10H2,1-2H3. The van der Waals surface area contributed by atoms with Gasteiger partial charge in [-0.05, 0) is 54.6 Å². The number of amidine groups is 1. The van der Waals surface area contributed by atoms with E-state index in [4.69, 9.17) is 14.5 Å². The Balaban J connectivity index is 1.63. The fourth-order valence-electron chi connectivity index (χ4n) is 3.78. The summed E-state index contributed by atoms with van der Waals surface area (Å²) in [6.07, 6.45) is 1.90. The second-order valence-electron chi connectivity index (χ2n) is 6.93. The Morgan fingerprint density at radius 1 is 1.00 bits per heavy atom. The van der Waals surface area contributed by atoms with Crippen molar-refractivity contribution < 1.29 is 14.3 Å². The van der Waals surface area contributed by atoms with Gasteiger partial charge in [0.1, 0.15) is 23.2 Å². The molecule has 0 unspecified atom stereocenters. The van der Waals surface area contributed by atoms with E-state index < -0.39 is 0 Å². The summed E-state index contributed by atoms with van der Waals surface area (Å²) in [6.45, 7) is 1.36. The summed E-state index contributed by atoms with van der Waals surface area (Å²) in [5, 5.41) is 0.968. The van der Waals surface area contributed by atoms with E-state index in [-0.39, 0.29) is 5.78 Å². The third kappa shape index (κ3) is 2.84. The highest BCUT2D eigenvalue weighted by Crippen LogP contribution is 2.35. The van der Waals surface area contributed by atoms with Gasteiger partial charge in [-0.3, -0.25) is 9.79 Å². The molecule has 2 aliphatic rings. The number of hydrogen-bond acceptors (Lipinski definition) is 6. The maximum Gasteiger partial charge on any atom is 0.196 e. The first-order valence-electron chi connectivity index (χ1n) is 9.39. The number of aliphatic imine (C=N–C) groups is 1. The zero-order valence-electron chi connectivity index (χ0n) is 16.2. The van der Waals surface area contributed by atoms with Gasteiger partial charge in [-0.1, -0.05) is 0 Å². The summed E-state index contributed by atoms with van der Waals surface area (Å²) >= 11 is 0. The lowest BCUT2D eigenvalue weighted by Gasteiger charge is -2.27. The summed E-state index contributed by atoms with van der Waals surface area (Å²) in [7, 11) is 3.25. The van der Waals surface area contributed by atoms with E-state index in [1.165, 1.54) is 0 Å². The molecule has 0 saturated heterocycles. The van der Waals surface area contributed by atoms with Crippen molar-refractivity contribution in [1.82, 2.24) is 4.98 Å². The Labute approximate surface area is 168 Å². The number of nitrogens with zero attached hydrogens (tertiary/aromatic N) is 3. The Hall–Kier alpha value is -3.67. The summed E-state index contributed by atoms with van der Waals surface area (Å²) < 4.78 is 10.5. The fraction of sp³-hybridized carbons (Fsp3) is 0.174. The van der Waals surface area contributed by atoms with Crippen molar-refractivity contribution in [3.05, 3.63) is 65.2 Å². The Morgan fingerprint density at radius 3 is 2.52 bits per heavy atom. The van der Waals surface area contributed by atoms with Gasteiger partial charge in [-0.15, -0.1) is 0 Å². The molecule has 0 aliphatic carbocycles. The molecular weight excluding hydrogens is 366 g/mol. The maximum atomic E-state index is 13.3. The lowest BCUT2D eigenvalue weighted by molar-refractivity contribution is 0.104. The Kier molecular flexibility index (Phi) is 4.05. The summed E-state index contributed by atoms with van der Waals surface area (Å²) in [5.41, 5.74) is 2.98. The molecule has 0 bridgehead atoms.